The molecule has 3 heterocycles. The number of nitrogens with two attached hydrogens (primary N) is 2. The molecule has 0 aliphatic carbocycles. The van der Waals surface area contributed by atoms with E-state index in [1.165, 1.54) is 31.9 Å². The Morgan fingerprint density at radius 3 is 2.53 bits per heavy atom. The van der Waals surface area contributed by atoms with Gasteiger partial charge in [-0.1, -0.05) is 31.4 Å². The molecule has 0 aromatic carbocycles. The molecule has 0 radical (unpaired) electrons. The number of hydrogen-bond donors (Lipinski definition) is 3. The number of nitrogens with zero attached hydrogens (tertiary/aromatic N) is 3. The summed E-state index contributed by atoms with van der Waals surface area (Å²) in [6.45, 7) is 7.72. The third kappa shape index (κ3) is 3.83. The van der Waals surface area contributed by atoms with Crippen LogP contribution in [0.1, 0.15) is 0 Å². The Balaban J connectivity index is 2.34. The van der Waals surface area contributed by atoms with Crippen LogP contribution in [0.15, 0.2) is 67.3 Å². The van der Waals surface area contributed by atoms with Gasteiger partial charge in [0.05, 0.1) is 18.7 Å². The highest BCUT2D eigenvalue weighted by molar-refractivity contribution is 5.94. The van der Waals surface area contributed by atoms with Gasteiger partial charge in [0.25, 0.3) is 0 Å². The summed E-state index contributed by atoms with van der Waals surface area (Å²) in [7, 11) is 1.46. The van der Waals surface area contributed by atoms with Gasteiger partial charge in [0, 0.05) is 46.5 Å². The minimum absolute atomic E-state index is 0.182. The first-order valence-corrected chi connectivity index (χ1v) is 8.90. The van der Waals surface area contributed by atoms with Crippen molar-refractivity contribution in [2.45, 2.75) is 0 Å². The van der Waals surface area contributed by atoms with E-state index in [2.05, 4.69) is 33.1 Å². The van der Waals surface area contributed by atoms with E-state index in [9.17, 15) is 4.39 Å². The summed E-state index contributed by atoms with van der Waals surface area (Å²) in [5.74, 6) is -0.528. The van der Waals surface area contributed by atoms with E-state index in [-0.39, 0.29) is 11.6 Å². The molecule has 152 valence electrons. The van der Waals surface area contributed by atoms with Crippen molar-refractivity contribution in [3.8, 4) is 17.1 Å². The number of aromatic nitrogens is 4. The number of ether oxygens (including phenoxy) is 1. The minimum Gasteiger partial charge on any atom is -0.467 e. The third-order valence-electron chi connectivity index (χ3n) is 4.39. The van der Waals surface area contributed by atoms with Gasteiger partial charge in [-0.3, -0.25) is 0 Å². The number of hydrogen-bond acceptors (Lipinski definition) is 6. The first-order chi connectivity index (χ1) is 14.5. The molecule has 30 heavy (non-hydrogen) atoms. The van der Waals surface area contributed by atoms with Crippen molar-refractivity contribution < 1.29 is 9.13 Å². The Kier molecular flexibility index (Phi) is 6.07. The molecule has 0 aliphatic rings. The number of allylic oxidation sites excluding steroid dienone is 5. The molecule has 5 N–H and O–H groups in total. The molecule has 7 nitrogen and oxygen atoms in total. The number of pyridine rings is 1. The summed E-state index contributed by atoms with van der Waals surface area (Å²) in [6.07, 6.45) is 13.8. The van der Waals surface area contributed by atoms with Gasteiger partial charge >= 0.3 is 6.01 Å². The summed E-state index contributed by atoms with van der Waals surface area (Å²) in [6, 6.07) is 0.182. The number of aromatic amines is 1. The van der Waals surface area contributed by atoms with Crippen LogP contribution in [0.25, 0.3) is 34.4 Å². The van der Waals surface area contributed by atoms with Crippen molar-refractivity contribution in [2.75, 3.05) is 7.11 Å². The zero-order valence-electron chi connectivity index (χ0n) is 16.4. The summed E-state index contributed by atoms with van der Waals surface area (Å²) in [4.78, 5) is 15.4. The number of H-pyrrole nitrogens is 1. The topological polar surface area (TPSA) is 116 Å². The fourth-order valence-electron chi connectivity index (χ4n) is 2.99. The summed E-state index contributed by atoms with van der Waals surface area (Å²) in [5.41, 5.74) is 14.0. The Hall–Kier alpha value is -4.20. The molecule has 0 unspecified atom stereocenters. The number of nitrogens with one attached hydrogen (secondary N) is 1. The predicted octanol–water partition coefficient (Wildman–Crippen LogP) is 1.79. The van der Waals surface area contributed by atoms with E-state index in [0.29, 0.717) is 38.3 Å². The highest BCUT2D eigenvalue weighted by Gasteiger charge is 2.16. The lowest BCUT2D eigenvalue weighted by atomic mass is 10.0. The molecular formula is C22H21FN6O. The molecule has 3 aromatic rings. The molecule has 3 rings (SSSR count). The maximum Gasteiger partial charge on any atom is 0.316 e. The van der Waals surface area contributed by atoms with Gasteiger partial charge in [0.2, 0.25) is 0 Å². The summed E-state index contributed by atoms with van der Waals surface area (Å²) >= 11 is 0. The molecule has 0 spiro atoms. The lowest BCUT2D eigenvalue weighted by Crippen LogP contribution is -2.25. The van der Waals surface area contributed by atoms with Crippen molar-refractivity contribution in [2.24, 2.45) is 11.5 Å². The van der Waals surface area contributed by atoms with Gasteiger partial charge < -0.3 is 21.2 Å². The van der Waals surface area contributed by atoms with Crippen LogP contribution >= 0.6 is 0 Å². The Morgan fingerprint density at radius 2 is 1.93 bits per heavy atom. The third-order valence-corrected chi connectivity index (χ3v) is 4.39. The fourth-order valence-corrected chi connectivity index (χ4v) is 2.99. The highest BCUT2D eigenvalue weighted by Crippen LogP contribution is 2.27. The molecule has 8 heteroatoms. The van der Waals surface area contributed by atoms with Crippen LogP contribution in [0, 0.1) is 5.82 Å². The van der Waals surface area contributed by atoms with Gasteiger partial charge in [0.1, 0.15) is 11.5 Å². The Morgan fingerprint density at radius 1 is 1.20 bits per heavy atom. The summed E-state index contributed by atoms with van der Waals surface area (Å²) in [5, 5.41) is 1.69. The van der Waals surface area contributed by atoms with Gasteiger partial charge in [-0.25, -0.2) is 19.3 Å². The molecule has 0 fully saturated rings. The van der Waals surface area contributed by atoms with Crippen LogP contribution in [0.5, 0.6) is 6.01 Å². The SMILES string of the molecule is C=C/C=C\C(=C/N)C(=C)/C=c1\c(=C/N)[nH]c2ncc(F)c(-c3cnc(OC)nc3)c12. The van der Waals surface area contributed by atoms with Crippen LogP contribution < -0.4 is 26.8 Å². The zero-order valence-corrected chi connectivity index (χ0v) is 16.4. The van der Waals surface area contributed by atoms with E-state index < -0.39 is 5.82 Å². The van der Waals surface area contributed by atoms with Crippen molar-refractivity contribution in [1.82, 2.24) is 19.9 Å². The lowest BCUT2D eigenvalue weighted by Gasteiger charge is -2.06. The van der Waals surface area contributed by atoms with Crippen LogP contribution in [0.3, 0.4) is 0 Å². The van der Waals surface area contributed by atoms with Crippen LogP contribution in [0.2, 0.25) is 0 Å². The molecule has 0 bridgehead atoms. The van der Waals surface area contributed by atoms with Crippen molar-refractivity contribution in [1.29, 1.82) is 0 Å². The molecular weight excluding hydrogens is 383 g/mol. The molecule has 0 saturated carbocycles. The average molecular weight is 404 g/mol. The summed E-state index contributed by atoms with van der Waals surface area (Å²) < 4.78 is 19.9. The number of fused-ring (bicyclic) bond motifs is 1. The second-order valence-corrected chi connectivity index (χ2v) is 6.17. The van der Waals surface area contributed by atoms with Crippen molar-refractivity contribution in [3.63, 3.8) is 0 Å². The van der Waals surface area contributed by atoms with E-state index >= 15 is 0 Å². The van der Waals surface area contributed by atoms with Gasteiger partial charge in [-0.05, 0) is 17.2 Å². The standard InChI is InChI=1S/C22H21FN6O/c1-4-5-6-14(8-24)13(2)7-16-18(9-25)29-21-20(16)19(17(23)12-26-21)15-10-27-22(30-3)28-11-15/h4-12H,1-2,24-25H2,3H3,(H,26,29)/b6-5-,14-8+,16-7+,18-9+. The second-order valence-electron chi connectivity index (χ2n) is 6.17. The molecule has 0 saturated heterocycles. The van der Waals surface area contributed by atoms with Crippen molar-refractivity contribution >= 4 is 23.3 Å². The number of halogens is 1. The minimum atomic E-state index is -0.528. The fraction of sp³-hybridized carbons (Fsp3) is 0.0455. The van der Waals surface area contributed by atoms with Gasteiger partial charge in [-0.2, -0.15) is 0 Å². The first-order valence-electron chi connectivity index (χ1n) is 8.90. The van der Waals surface area contributed by atoms with E-state index in [0.717, 1.165) is 6.20 Å². The van der Waals surface area contributed by atoms with Crippen LogP contribution in [0.4, 0.5) is 4.39 Å². The number of methoxy groups -OCH3 is 1. The number of rotatable bonds is 6. The molecule has 0 aliphatic heterocycles. The first kappa shape index (κ1) is 20.5. The smallest absolute Gasteiger partial charge is 0.316 e. The molecule has 3 aromatic heterocycles. The second kappa shape index (κ2) is 8.87. The predicted molar refractivity (Wildman–Crippen MR) is 117 cm³/mol. The molecule has 0 amide bonds. The maximum atomic E-state index is 14.9. The average Bonchev–Trinajstić information content (AvgIpc) is 3.12. The van der Waals surface area contributed by atoms with E-state index in [1.54, 1.807) is 24.3 Å². The van der Waals surface area contributed by atoms with Crippen LogP contribution in [-0.2, 0) is 0 Å². The van der Waals surface area contributed by atoms with Crippen molar-refractivity contribution in [3.05, 3.63) is 83.7 Å². The highest BCUT2D eigenvalue weighted by atomic mass is 19.1. The van der Waals surface area contributed by atoms with E-state index in [4.69, 9.17) is 16.2 Å². The quantitative estimate of drug-likeness (QED) is 0.540. The zero-order chi connectivity index (χ0) is 21.7. The lowest BCUT2D eigenvalue weighted by molar-refractivity contribution is 0.380. The van der Waals surface area contributed by atoms with Gasteiger partial charge in [-0.15, -0.1) is 0 Å². The Bertz CT molecular complexity index is 1290. The molecule has 0 atom stereocenters. The van der Waals surface area contributed by atoms with Crippen LogP contribution in [-0.4, -0.2) is 27.0 Å². The maximum absolute atomic E-state index is 14.9. The monoisotopic (exact) mass is 404 g/mol. The van der Waals surface area contributed by atoms with E-state index in [1.807, 2.05) is 0 Å². The Labute approximate surface area is 172 Å². The van der Waals surface area contributed by atoms with Gasteiger partial charge in [0.15, 0.2) is 0 Å². The largest absolute Gasteiger partial charge is 0.467 e. The normalized spacial score (nSPS) is 13.3.